The molecule has 1 saturated heterocycles. The number of ether oxygens (including phenoxy) is 1. The van der Waals surface area contributed by atoms with Crippen LogP contribution in [0.4, 0.5) is 0 Å². The van der Waals surface area contributed by atoms with Crippen molar-refractivity contribution in [3.05, 3.63) is 18.5 Å². The van der Waals surface area contributed by atoms with E-state index in [-0.39, 0.29) is 30.2 Å². The van der Waals surface area contributed by atoms with Crippen LogP contribution in [0.15, 0.2) is 18.5 Å². The lowest BCUT2D eigenvalue weighted by Crippen LogP contribution is -2.47. The number of hydrogen-bond acceptors (Lipinski definition) is 4. The first-order chi connectivity index (χ1) is 10.3. The molecule has 0 radical (unpaired) electrons. The highest BCUT2D eigenvalue weighted by atomic mass is 16.5. The Morgan fingerprint density at radius 1 is 1.33 bits per heavy atom. The maximum absolute atomic E-state index is 12.4. The third-order valence-corrected chi connectivity index (χ3v) is 4.58. The first kappa shape index (κ1) is 14.5. The van der Waals surface area contributed by atoms with Gasteiger partial charge < -0.3 is 15.8 Å². The minimum Gasteiger partial charge on any atom is -0.364 e. The second-order valence-corrected chi connectivity index (χ2v) is 6.01. The Morgan fingerprint density at radius 2 is 2.19 bits per heavy atom. The summed E-state index contributed by atoms with van der Waals surface area (Å²) in [5.41, 5.74) is 5.60. The summed E-state index contributed by atoms with van der Waals surface area (Å²) in [4.78, 5) is 12.4. The SMILES string of the molecule is NC[C@H]1CC[C@@H](C(=O)NC2CCCCC2n2cccn2)O1. The zero-order chi connectivity index (χ0) is 14.7. The Bertz CT molecular complexity index is 462. The topological polar surface area (TPSA) is 82.2 Å². The van der Waals surface area contributed by atoms with Gasteiger partial charge in [-0.2, -0.15) is 5.10 Å². The third kappa shape index (κ3) is 3.27. The summed E-state index contributed by atoms with van der Waals surface area (Å²) < 4.78 is 7.65. The van der Waals surface area contributed by atoms with Gasteiger partial charge in [0.25, 0.3) is 0 Å². The van der Waals surface area contributed by atoms with Gasteiger partial charge in [0, 0.05) is 18.9 Å². The maximum Gasteiger partial charge on any atom is 0.249 e. The van der Waals surface area contributed by atoms with Crippen LogP contribution in [-0.4, -0.2) is 40.5 Å². The highest BCUT2D eigenvalue weighted by molar-refractivity contribution is 5.81. The smallest absolute Gasteiger partial charge is 0.249 e. The molecule has 2 heterocycles. The van der Waals surface area contributed by atoms with E-state index in [1.807, 2.05) is 16.9 Å². The van der Waals surface area contributed by atoms with Crippen molar-refractivity contribution >= 4 is 5.91 Å². The molecule has 1 aliphatic carbocycles. The minimum absolute atomic E-state index is 0.00926. The Labute approximate surface area is 125 Å². The molecule has 1 aliphatic heterocycles. The molecule has 0 aromatic carbocycles. The number of amides is 1. The lowest BCUT2D eigenvalue weighted by molar-refractivity contribution is -0.133. The Morgan fingerprint density at radius 3 is 2.90 bits per heavy atom. The number of nitrogens with two attached hydrogens (primary N) is 1. The number of carbonyl (C=O) groups excluding carboxylic acids is 1. The van der Waals surface area contributed by atoms with E-state index in [9.17, 15) is 4.79 Å². The molecule has 116 valence electrons. The van der Waals surface area contributed by atoms with Gasteiger partial charge in [0.15, 0.2) is 0 Å². The molecule has 2 aliphatic rings. The molecule has 0 spiro atoms. The second kappa shape index (κ2) is 6.58. The Balaban J connectivity index is 1.61. The van der Waals surface area contributed by atoms with Crippen molar-refractivity contribution in [3.63, 3.8) is 0 Å². The lowest BCUT2D eigenvalue weighted by Gasteiger charge is -2.33. The summed E-state index contributed by atoms with van der Waals surface area (Å²) >= 11 is 0. The molecule has 21 heavy (non-hydrogen) atoms. The van der Waals surface area contributed by atoms with Crippen LogP contribution in [0.25, 0.3) is 0 Å². The molecule has 3 rings (SSSR count). The quantitative estimate of drug-likeness (QED) is 0.867. The van der Waals surface area contributed by atoms with E-state index < -0.39 is 0 Å². The molecular formula is C15H24N4O2. The van der Waals surface area contributed by atoms with Gasteiger partial charge in [0.05, 0.1) is 18.2 Å². The van der Waals surface area contributed by atoms with Gasteiger partial charge in [0.2, 0.25) is 5.91 Å². The van der Waals surface area contributed by atoms with Crippen molar-refractivity contribution in [2.45, 2.75) is 62.8 Å². The van der Waals surface area contributed by atoms with Crippen LogP contribution >= 0.6 is 0 Å². The molecule has 3 N–H and O–H groups in total. The number of carbonyl (C=O) groups is 1. The molecule has 2 unspecified atom stereocenters. The number of hydrogen-bond donors (Lipinski definition) is 2. The molecule has 2 fully saturated rings. The summed E-state index contributed by atoms with van der Waals surface area (Å²) in [5.74, 6) is 0.00926. The van der Waals surface area contributed by atoms with Gasteiger partial charge in [-0.3, -0.25) is 9.48 Å². The van der Waals surface area contributed by atoms with E-state index in [1.165, 1.54) is 6.42 Å². The van der Waals surface area contributed by atoms with E-state index in [0.717, 1.165) is 32.1 Å². The van der Waals surface area contributed by atoms with Crippen molar-refractivity contribution in [2.75, 3.05) is 6.54 Å². The predicted octanol–water partition coefficient (Wildman–Crippen LogP) is 0.989. The average Bonchev–Trinajstić information content (AvgIpc) is 3.19. The van der Waals surface area contributed by atoms with Crippen molar-refractivity contribution in [2.24, 2.45) is 5.73 Å². The fourth-order valence-corrected chi connectivity index (χ4v) is 3.42. The highest BCUT2D eigenvalue weighted by Crippen LogP contribution is 2.28. The summed E-state index contributed by atoms with van der Waals surface area (Å²) in [6.45, 7) is 0.489. The standard InChI is InChI=1S/C15H24N4O2/c16-10-11-6-7-14(21-11)15(20)18-12-4-1-2-5-13(12)19-9-3-8-17-19/h3,8-9,11-14H,1-2,4-7,10,16H2,(H,18,20)/t11-,12?,13?,14+/m1/s1. The van der Waals surface area contributed by atoms with Gasteiger partial charge in [-0.1, -0.05) is 12.8 Å². The van der Waals surface area contributed by atoms with E-state index in [4.69, 9.17) is 10.5 Å². The summed E-state index contributed by atoms with van der Waals surface area (Å²) in [7, 11) is 0. The fraction of sp³-hybridized carbons (Fsp3) is 0.733. The average molecular weight is 292 g/mol. The van der Waals surface area contributed by atoms with Gasteiger partial charge in [0.1, 0.15) is 6.10 Å². The zero-order valence-electron chi connectivity index (χ0n) is 12.3. The minimum atomic E-state index is -0.334. The first-order valence-corrected chi connectivity index (χ1v) is 7.93. The molecule has 4 atom stereocenters. The number of nitrogens with zero attached hydrogens (tertiary/aromatic N) is 2. The van der Waals surface area contributed by atoms with E-state index in [2.05, 4.69) is 10.4 Å². The number of rotatable bonds is 4. The molecule has 1 aromatic heterocycles. The third-order valence-electron chi connectivity index (χ3n) is 4.58. The molecule has 1 amide bonds. The summed E-state index contributed by atoms with van der Waals surface area (Å²) in [6.07, 6.45) is 9.52. The molecule has 1 aromatic rings. The zero-order valence-corrected chi connectivity index (χ0v) is 12.3. The molecule has 0 bridgehead atoms. The Kier molecular flexibility index (Phi) is 4.55. The van der Waals surface area contributed by atoms with E-state index in [1.54, 1.807) is 6.20 Å². The van der Waals surface area contributed by atoms with Crippen LogP contribution in [0.1, 0.15) is 44.6 Å². The van der Waals surface area contributed by atoms with Crippen LogP contribution in [0.3, 0.4) is 0 Å². The van der Waals surface area contributed by atoms with Gasteiger partial charge in [-0.05, 0) is 31.7 Å². The molecule has 6 heteroatoms. The number of nitrogens with one attached hydrogen (secondary N) is 1. The van der Waals surface area contributed by atoms with Crippen molar-refractivity contribution in [1.82, 2.24) is 15.1 Å². The van der Waals surface area contributed by atoms with Gasteiger partial charge in [-0.15, -0.1) is 0 Å². The van der Waals surface area contributed by atoms with Gasteiger partial charge in [-0.25, -0.2) is 0 Å². The fourth-order valence-electron chi connectivity index (χ4n) is 3.42. The van der Waals surface area contributed by atoms with E-state index in [0.29, 0.717) is 6.54 Å². The van der Waals surface area contributed by atoms with Crippen LogP contribution in [0.2, 0.25) is 0 Å². The van der Waals surface area contributed by atoms with Crippen LogP contribution in [-0.2, 0) is 9.53 Å². The normalized spacial score (nSPS) is 33.0. The van der Waals surface area contributed by atoms with Crippen LogP contribution in [0, 0.1) is 0 Å². The van der Waals surface area contributed by atoms with Crippen molar-refractivity contribution < 1.29 is 9.53 Å². The molecular weight excluding hydrogens is 268 g/mol. The molecule has 6 nitrogen and oxygen atoms in total. The second-order valence-electron chi connectivity index (χ2n) is 6.01. The van der Waals surface area contributed by atoms with Crippen molar-refractivity contribution in [1.29, 1.82) is 0 Å². The molecule has 1 saturated carbocycles. The maximum atomic E-state index is 12.4. The van der Waals surface area contributed by atoms with E-state index >= 15 is 0 Å². The highest BCUT2D eigenvalue weighted by Gasteiger charge is 2.34. The van der Waals surface area contributed by atoms with Crippen LogP contribution in [0.5, 0.6) is 0 Å². The number of aromatic nitrogens is 2. The summed E-state index contributed by atoms with van der Waals surface area (Å²) in [5, 5.41) is 7.52. The first-order valence-electron chi connectivity index (χ1n) is 7.93. The largest absolute Gasteiger partial charge is 0.364 e. The van der Waals surface area contributed by atoms with Crippen LogP contribution < -0.4 is 11.1 Å². The van der Waals surface area contributed by atoms with Crippen molar-refractivity contribution in [3.8, 4) is 0 Å². The predicted molar refractivity (Wildman–Crippen MR) is 78.6 cm³/mol. The lowest BCUT2D eigenvalue weighted by atomic mass is 9.90. The monoisotopic (exact) mass is 292 g/mol. The Hall–Kier alpha value is -1.40. The summed E-state index contributed by atoms with van der Waals surface area (Å²) in [6, 6.07) is 2.33. The van der Waals surface area contributed by atoms with Gasteiger partial charge >= 0.3 is 0 Å².